The van der Waals surface area contributed by atoms with Gasteiger partial charge in [-0.25, -0.2) is 0 Å². The fourth-order valence-electron chi connectivity index (χ4n) is 0.792. The second-order valence-corrected chi connectivity index (χ2v) is 4.92. The summed E-state index contributed by atoms with van der Waals surface area (Å²) in [6.07, 6.45) is 0. The molecule has 2 nitrogen and oxygen atoms in total. The molecule has 0 spiro atoms. The Kier molecular flexibility index (Phi) is 3.59. The van der Waals surface area contributed by atoms with E-state index in [-0.39, 0.29) is 11.9 Å². The molecule has 1 amide bonds. The van der Waals surface area contributed by atoms with Crippen molar-refractivity contribution in [1.82, 2.24) is 5.32 Å². The summed E-state index contributed by atoms with van der Waals surface area (Å²) in [5, 5.41) is 3.18. The molecule has 0 atom stereocenters. The maximum Gasteiger partial charge on any atom is 0.261 e. The minimum atomic E-state index is -0.131. The molecule has 0 aromatic carbocycles. The molecule has 0 unspecified atom stereocenters. The number of carbonyl (C=O) groups excluding carboxylic acids is 1. The van der Waals surface area contributed by atoms with E-state index in [1.165, 1.54) is 11.3 Å². The number of thiophene rings is 1. The molecule has 1 aromatic heterocycles. The number of amides is 1. The molecule has 0 aliphatic heterocycles. The lowest BCUT2D eigenvalue weighted by atomic mass is 10.3. The summed E-state index contributed by atoms with van der Waals surface area (Å²) < 4.78 is 0.454. The molecule has 1 N–H and O–H groups in total. The Bertz CT molecular complexity index is 302. The van der Waals surface area contributed by atoms with Crippen molar-refractivity contribution in [3.8, 4) is 0 Å². The van der Waals surface area contributed by atoms with Crippen LogP contribution in [0.3, 0.4) is 0 Å². The lowest BCUT2D eigenvalue weighted by molar-refractivity contribution is 0.0947. The van der Waals surface area contributed by atoms with Gasteiger partial charge in [0.05, 0.1) is 9.90 Å². The second kappa shape index (κ2) is 4.31. The van der Waals surface area contributed by atoms with Gasteiger partial charge in [-0.15, -0.1) is 11.3 Å². The fourth-order valence-corrected chi connectivity index (χ4v) is 2.06. The van der Waals surface area contributed by atoms with Crippen LogP contribution in [0.1, 0.15) is 23.5 Å². The molecule has 13 heavy (non-hydrogen) atoms. The highest BCUT2D eigenvalue weighted by Crippen LogP contribution is 2.31. The van der Waals surface area contributed by atoms with E-state index in [1.54, 1.807) is 6.07 Å². The molecule has 1 aromatic rings. The topological polar surface area (TPSA) is 29.1 Å². The van der Waals surface area contributed by atoms with Crippen LogP contribution in [-0.4, -0.2) is 11.9 Å². The van der Waals surface area contributed by atoms with Crippen LogP contribution in [0.25, 0.3) is 0 Å². The molecule has 0 bridgehead atoms. The van der Waals surface area contributed by atoms with E-state index >= 15 is 0 Å². The summed E-state index contributed by atoms with van der Waals surface area (Å²) in [5.74, 6) is -0.131. The highest BCUT2D eigenvalue weighted by Gasteiger charge is 2.12. The monoisotopic (exact) mass is 237 g/mol. The average molecular weight is 238 g/mol. The minimum absolute atomic E-state index is 0.118. The Hall–Kier alpha value is -0.250. The SMILES string of the molecule is CC(C)NC(=O)c1cc(Cl)c(Cl)s1. The van der Waals surface area contributed by atoms with Crippen molar-refractivity contribution in [2.45, 2.75) is 19.9 Å². The zero-order valence-corrected chi connectivity index (χ0v) is 9.56. The third-order valence-electron chi connectivity index (χ3n) is 1.29. The van der Waals surface area contributed by atoms with E-state index < -0.39 is 0 Å². The van der Waals surface area contributed by atoms with E-state index in [0.29, 0.717) is 14.2 Å². The standard InChI is InChI=1S/C8H9Cl2NOS/c1-4(2)11-8(12)6-3-5(9)7(10)13-6/h3-4H,1-2H3,(H,11,12). The predicted molar refractivity (Wildman–Crippen MR) is 56.9 cm³/mol. The van der Waals surface area contributed by atoms with Gasteiger partial charge < -0.3 is 5.32 Å². The molecular weight excluding hydrogens is 229 g/mol. The Morgan fingerprint density at radius 2 is 2.15 bits per heavy atom. The molecule has 5 heteroatoms. The van der Waals surface area contributed by atoms with Gasteiger partial charge in [0, 0.05) is 6.04 Å². The van der Waals surface area contributed by atoms with E-state index in [4.69, 9.17) is 23.2 Å². The lowest BCUT2D eigenvalue weighted by Gasteiger charge is -2.05. The summed E-state index contributed by atoms with van der Waals surface area (Å²) in [6.45, 7) is 3.80. The van der Waals surface area contributed by atoms with Gasteiger partial charge in [0.25, 0.3) is 5.91 Å². The molecule has 0 radical (unpaired) electrons. The minimum Gasteiger partial charge on any atom is -0.349 e. The first-order valence-corrected chi connectivity index (χ1v) is 5.33. The quantitative estimate of drug-likeness (QED) is 0.842. The van der Waals surface area contributed by atoms with Crippen LogP contribution in [0.5, 0.6) is 0 Å². The Balaban J connectivity index is 2.77. The first kappa shape index (κ1) is 10.8. The van der Waals surface area contributed by atoms with Gasteiger partial charge in [-0.2, -0.15) is 0 Å². The molecule has 1 rings (SSSR count). The van der Waals surface area contributed by atoms with E-state index in [1.807, 2.05) is 13.8 Å². The predicted octanol–water partition coefficient (Wildman–Crippen LogP) is 3.19. The summed E-state index contributed by atoms with van der Waals surface area (Å²) in [5.41, 5.74) is 0. The van der Waals surface area contributed by atoms with Gasteiger partial charge in [0.1, 0.15) is 4.34 Å². The Morgan fingerprint density at radius 1 is 1.54 bits per heavy atom. The number of nitrogens with one attached hydrogen (secondary N) is 1. The molecular formula is C8H9Cl2NOS. The number of carbonyl (C=O) groups is 1. The number of hydrogen-bond acceptors (Lipinski definition) is 2. The number of halogens is 2. The lowest BCUT2D eigenvalue weighted by Crippen LogP contribution is -2.29. The van der Waals surface area contributed by atoms with E-state index in [2.05, 4.69) is 5.32 Å². The Labute approximate surface area is 90.8 Å². The zero-order valence-electron chi connectivity index (χ0n) is 7.23. The molecule has 72 valence electrons. The summed E-state index contributed by atoms with van der Waals surface area (Å²) in [4.78, 5) is 11.9. The van der Waals surface area contributed by atoms with E-state index in [9.17, 15) is 4.79 Å². The van der Waals surface area contributed by atoms with Gasteiger partial charge >= 0.3 is 0 Å². The van der Waals surface area contributed by atoms with Crippen LogP contribution in [0.4, 0.5) is 0 Å². The third kappa shape index (κ3) is 2.86. The highest BCUT2D eigenvalue weighted by molar-refractivity contribution is 7.18. The van der Waals surface area contributed by atoms with Gasteiger partial charge in [0.15, 0.2) is 0 Å². The van der Waals surface area contributed by atoms with Crippen molar-refractivity contribution in [3.63, 3.8) is 0 Å². The van der Waals surface area contributed by atoms with Crippen LogP contribution in [-0.2, 0) is 0 Å². The van der Waals surface area contributed by atoms with Gasteiger partial charge in [-0.05, 0) is 19.9 Å². The van der Waals surface area contributed by atoms with Crippen molar-refractivity contribution >= 4 is 40.4 Å². The highest BCUT2D eigenvalue weighted by atomic mass is 35.5. The first-order valence-electron chi connectivity index (χ1n) is 3.76. The number of hydrogen-bond donors (Lipinski definition) is 1. The maximum atomic E-state index is 11.4. The van der Waals surface area contributed by atoms with Crippen molar-refractivity contribution in [3.05, 3.63) is 20.3 Å². The third-order valence-corrected chi connectivity index (χ3v) is 3.15. The summed E-state index contributed by atoms with van der Waals surface area (Å²) in [7, 11) is 0. The molecule has 0 saturated carbocycles. The van der Waals surface area contributed by atoms with Crippen LogP contribution < -0.4 is 5.32 Å². The smallest absolute Gasteiger partial charge is 0.261 e. The fraction of sp³-hybridized carbons (Fsp3) is 0.375. The first-order chi connectivity index (χ1) is 6.00. The van der Waals surface area contributed by atoms with Crippen LogP contribution in [0.2, 0.25) is 9.36 Å². The van der Waals surface area contributed by atoms with Crippen molar-refractivity contribution in [1.29, 1.82) is 0 Å². The van der Waals surface area contributed by atoms with Gasteiger partial charge in [0.2, 0.25) is 0 Å². The molecule has 0 aliphatic carbocycles. The van der Waals surface area contributed by atoms with Crippen LogP contribution >= 0.6 is 34.5 Å². The molecule has 0 fully saturated rings. The summed E-state index contributed by atoms with van der Waals surface area (Å²) >= 11 is 12.6. The van der Waals surface area contributed by atoms with Crippen molar-refractivity contribution in [2.24, 2.45) is 0 Å². The molecule has 1 heterocycles. The molecule has 0 saturated heterocycles. The maximum absolute atomic E-state index is 11.4. The average Bonchev–Trinajstić information content (AvgIpc) is 2.31. The van der Waals surface area contributed by atoms with E-state index in [0.717, 1.165) is 0 Å². The van der Waals surface area contributed by atoms with Crippen LogP contribution in [0.15, 0.2) is 6.07 Å². The zero-order chi connectivity index (χ0) is 10.0. The van der Waals surface area contributed by atoms with Gasteiger partial charge in [-0.3, -0.25) is 4.79 Å². The van der Waals surface area contributed by atoms with Crippen molar-refractivity contribution in [2.75, 3.05) is 0 Å². The van der Waals surface area contributed by atoms with Gasteiger partial charge in [-0.1, -0.05) is 23.2 Å². The van der Waals surface area contributed by atoms with Crippen molar-refractivity contribution < 1.29 is 4.79 Å². The summed E-state index contributed by atoms with van der Waals surface area (Å²) in [6, 6.07) is 1.69. The second-order valence-electron chi connectivity index (χ2n) is 2.86. The Morgan fingerprint density at radius 3 is 2.54 bits per heavy atom. The number of rotatable bonds is 2. The van der Waals surface area contributed by atoms with Crippen LogP contribution in [0, 0.1) is 0 Å². The molecule has 0 aliphatic rings. The normalized spacial score (nSPS) is 10.5. The largest absolute Gasteiger partial charge is 0.349 e.